The van der Waals surface area contributed by atoms with E-state index < -0.39 is 12.0 Å². The van der Waals surface area contributed by atoms with Crippen molar-refractivity contribution in [1.29, 1.82) is 0 Å². The number of aromatic nitrogens is 1. The Morgan fingerprint density at radius 1 is 1.60 bits per heavy atom. The van der Waals surface area contributed by atoms with Gasteiger partial charge in [-0.1, -0.05) is 0 Å². The molecule has 1 aromatic heterocycles. The van der Waals surface area contributed by atoms with Crippen molar-refractivity contribution in [1.82, 2.24) is 15.2 Å². The number of hydrogen-bond acceptors (Lipinski definition) is 5. The van der Waals surface area contributed by atoms with Gasteiger partial charge >= 0.3 is 5.97 Å². The second-order valence-electron chi connectivity index (χ2n) is 4.70. The normalized spacial score (nSPS) is 19.5. The van der Waals surface area contributed by atoms with Crippen molar-refractivity contribution in [3.8, 4) is 5.75 Å². The number of methoxy groups -OCH3 is 1. The van der Waals surface area contributed by atoms with Gasteiger partial charge in [-0.25, -0.2) is 0 Å². The Morgan fingerprint density at radius 2 is 2.35 bits per heavy atom. The van der Waals surface area contributed by atoms with E-state index in [1.165, 1.54) is 0 Å². The molecule has 1 unspecified atom stereocenters. The topological polar surface area (TPSA) is 91.8 Å². The van der Waals surface area contributed by atoms with Gasteiger partial charge in [-0.3, -0.25) is 19.5 Å². The number of rotatable bonds is 4. The standard InChI is InChI=1S/C13H17N3O4/c1-8-3-10(20-2)4-9(15-8)6-16-7-12(17)14-5-11(16)13(18)19/h3-4,11H,5-7H2,1-2H3,(H,14,17)(H,18,19). The smallest absolute Gasteiger partial charge is 0.322 e. The first-order valence-electron chi connectivity index (χ1n) is 6.24. The van der Waals surface area contributed by atoms with Gasteiger partial charge in [-0.2, -0.15) is 0 Å². The van der Waals surface area contributed by atoms with Crippen LogP contribution in [0.2, 0.25) is 0 Å². The Kier molecular flexibility index (Phi) is 4.19. The molecule has 1 saturated heterocycles. The van der Waals surface area contributed by atoms with Gasteiger partial charge in [-0.15, -0.1) is 0 Å². The van der Waals surface area contributed by atoms with E-state index in [0.717, 1.165) is 5.69 Å². The Morgan fingerprint density at radius 3 is 3.00 bits per heavy atom. The first-order valence-corrected chi connectivity index (χ1v) is 6.24. The number of aliphatic carboxylic acids is 1. The molecule has 108 valence electrons. The molecule has 1 aliphatic rings. The maximum Gasteiger partial charge on any atom is 0.322 e. The van der Waals surface area contributed by atoms with E-state index in [-0.39, 0.29) is 19.0 Å². The summed E-state index contributed by atoms with van der Waals surface area (Å²) in [6, 6.07) is 2.81. The third kappa shape index (κ3) is 3.24. The summed E-state index contributed by atoms with van der Waals surface area (Å²) < 4.78 is 5.17. The monoisotopic (exact) mass is 279 g/mol. The van der Waals surface area contributed by atoms with Crippen LogP contribution in [0.5, 0.6) is 5.75 Å². The lowest BCUT2D eigenvalue weighted by atomic mass is 10.1. The summed E-state index contributed by atoms with van der Waals surface area (Å²) in [6.45, 7) is 2.29. The van der Waals surface area contributed by atoms with E-state index in [9.17, 15) is 14.7 Å². The molecule has 7 heteroatoms. The lowest BCUT2D eigenvalue weighted by molar-refractivity contribution is -0.146. The van der Waals surface area contributed by atoms with Crippen LogP contribution in [-0.2, 0) is 16.1 Å². The van der Waals surface area contributed by atoms with Gasteiger partial charge in [0.05, 0.1) is 19.3 Å². The summed E-state index contributed by atoms with van der Waals surface area (Å²) in [5, 5.41) is 11.7. The van der Waals surface area contributed by atoms with Crippen LogP contribution in [-0.4, -0.2) is 53.1 Å². The molecule has 2 rings (SSSR count). The average molecular weight is 279 g/mol. The number of ether oxygens (including phenoxy) is 1. The van der Waals surface area contributed by atoms with Crippen molar-refractivity contribution < 1.29 is 19.4 Å². The first-order chi connectivity index (χ1) is 9.49. The number of piperazine rings is 1. The van der Waals surface area contributed by atoms with Crippen LogP contribution in [0, 0.1) is 6.92 Å². The third-order valence-corrected chi connectivity index (χ3v) is 3.15. The van der Waals surface area contributed by atoms with Crippen molar-refractivity contribution in [2.45, 2.75) is 19.5 Å². The van der Waals surface area contributed by atoms with Crippen LogP contribution >= 0.6 is 0 Å². The van der Waals surface area contributed by atoms with Crippen LogP contribution in [0.3, 0.4) is 0 Å². The van der Waals surface area contributed by atoms with E-state index in [0.29, 0.717) is 18.0 Å². The number of carbonyl (C=O) groups is 2. The van der Waals surface area contributed by atoms with Gasteiger partial charge < -0.3 is 15.2 Å². The number of pyridine rings is 1. The number of aryl methyl sites for hydroxylation is 1. The minimum Gasteiger partial charge on any atom is -0.497 e. The summed E-state index contributed by atoms with van der Waals surface area (Å²) in [6.07, 6.45) is 0. The zero-order chi connectivity index (χ0) is 14.7. The number of carboxylic acids is 1. The Balaban J connectivity index is 2.19. The van der Waals surface area contributed by atoms with Crippen molar-refractivity contribution in [3.05, 3.63) is 23.5 Å². The zero-order valence-electron chi connectivity index (χ0n) is 11.4. The zero-order valence-corrected chi connectivity index (χ0v) is 11.4. The molecule has 2 N–H and O–H groups in total. The van der Waals surface area contributed by atoms with E-state index in [1.807, 2.05) is 6.92 Å². The largest absolute Gasteiger partial charge is 0.497 e. The lowest BCUT2D eigenvalue weighted by Gasteiger charge is -2.32. The first kappa shape index (κ1) is 14.3. The quantitative estimate of drug-likeness (QED) is 0.792. The fraction of sp³-hybridized carbons (Fsp3) is 0.462. The van der Waals surface area contributed by atoms with Crippen LogP contribution in [0.1, 0.15) is 11.4 Å². The SMILES string of the molecule is COc1cc(C)nc(CN2CC(=O)NCC2C(=O)O)c1. The summed E-state index contributed by atoms with van der Waals surface area (Å²) in [5.74, 6) is -0.465. The molecule has 0 spiro atoms. The van der Waals surface area contributed by atoms with Crippen molar-refractivity contribution >= 4 is 11.9 Å². The summed E-state index contributed by atoms with van der Waals surface area (Å²) in [5.41, 5.74) is 1.47. The molecule has 1 atom stereocenters. The molecule has 20 heavy (non-hydrogen) atoms. The number of hydrogen-bond donors (Lipinski definition) is 2. The molecule has 1 amide bonds. The molecule has 7 nitrogen and oxygen atoms in total. The van der Waals surface area contributed by atoms with Crippen LogP contribution in [0.25, 0.3) is 0 Å². The fourth-order valence-corrected chi connectivity index (χ4v) is 2.21. The molecule has 1 aromatic rings. The maximum atomic E-state index is 11.4. The van der Waals surface area contributed by atoms with E-state index in [4.69, 9.17) is 4.74 Å². The highest BCUT2D eigenvalue weighted by atomic mass is 16.5. The van der Waals surface area contributed by atoms with Crippen molar-refractivity contribution in [2.75, 3.05) is 20.2 Å². The second kappa shape index (κ2) is 5.87. The molecule has 1 aliphatic heterocycles. The van der Waals surface area contributed by atoms with Crippen LogP contribution < -0.4 is 10.1 Å². The van der Waals surface area contributed by atoms with Gasteiger partial charge in [0.25, 0.3) is 0 Å². The Hall–Kier alpha value is -2.15. The number of nitrogens with one attached hydrogen (secondary N) is 1. The van der Waals surface area contributed by atoms with Gasteiger partial charge in [0.15, 0.2) is 0 Å². The minimum atomic E-state index is -0.954. The summed E-state index contributed by atoms with van der Waals surface area (Å²) in [4.78, 5) is 28.6. The molecule has 1 fully saturated rings. The van der Waals surface area contributed by atoms with E-state index in [2.05, 4.69) is 10.3 Å². The lowest BCUT2D eigenvalue weighted by Crippen LogP contribution is -2.57. The Bertz CT molecular complexity index is 532. The molecule has 0 aliphatic carbocycles. The maximum absolute atomic E-state index is 11.4. The summed E-state index contributed by atoms with van der Waals surface area (Å²) >= 11 is 0. The highest BCUT2D eigenvalue weighted by Crippen LogP contribution is 2.16. The van der Waals surface area contributed by atoms with Gasteiger partial charge in [0.1, 0.15) is 11.8 Å². The predicted octanol–water partition coefficient (Wildman–Crippen LogP) is -0.216. The van der Waals surface area contributed by atoms with E-state index >= 15 is 0 Å². The minimum absolute atomic E-state index is 0.0505. The second-order valence-corrected chi connectivity index (χ2v) is 4.70. The Labute approximate surface area is 116 Å². The number of carboxylic acid groups (broad SMARTS) is 1. The van der Waals surface area contributed by atoms with Crippen molar-refractivity contribution in [3.63, 3.8) is 0 Å². The number of carbonyl (C=O) groups excluding carboxylic acids is 1. The van der Waals surface area contributed by atoms with E-state index in [1.54, 1.807) is 24.1 Å². The molecule has 0 bridgehead atoms. The number of amides is 1. The van der Waals surface area contributed by atoms with Gasteiger partial charge in [-0.05, 0) is 6.92 Å². The molecule has 0 saturated carbocycles. The highest BCUT2D eigenvalue weighted by molar-refractivity contribution is 5.83. The van der Waals surface area contributed by atoms with Crippen molar-refractivity contribution in [2.24, 2.45) is 0 Å². The van der Waals surface area contributed by atoms with Gasteiger partial charge in [0.2, 0.25) is 5.91 Å². The molecule has 0 radical (unpaired) electrons. The molecule has 2 heterocycles. The fourth-order valence-electron chi connectivity index (χ4n) is 2.21. The molecule has 0 aromatic carbocycles. The van der Waals surface area contributed by atoms with Gasteiger partial charge in [0, 0.05) is 30.9 Å². The third-order valence-electron chi connectivity index (χ3n) is 3.15. The average Bonchev–Trinajstić information content (AvgIpc) is 2.37. The highest BCUT2D eigenvalue weighted by Gasteiger charge is 2.32. The molecular formula is C13H17N3O4. The van der Waals surface area contributed by atoms with Crippen LogP contribution in [0.4, 0.5) is 0 Å². The molecular weight excluding hydrogens is 262 g/mol. The number of nitrogens with zero attached hydrogens (tertiary/aromatic N) is 2. The predicted molar refractivity (Wildman–Crippen MR) is 70.4 cm³/mol. The summed E-state index contributed by atoms with van der Waals surface area (Å²) in [7, 11) is 1.56. The van der Waals surface area contributed by atoms with Crippen LogP contribution in [0.15, 0.2) is 12.1 Å².